The van der Waals surface area contributed by atoms with Crippen LogP contribution in [0.5, 0.6) is 0 Å². The van der Waals surface area contributed by atoms with Crippen molar-refractivity contribution in [3.63, 3.8) is 0 Å². The molecule has 0 spiro atoms. The molecule has 0 aliphatic carbocycles. The molecule has 1 aromatic rings. The van der Waals surface area contributed by atoms with Crippen LogP contribution >= 0.6 is 0 Å². The van der Waals surface area contributed by atoms with Crippen molar-refractivity contribution < 1.29 is 14.6 Å². The predicted octanol–water partition coefficient (Wildman–Crippen LogP) is 3.06. The average molecular weight is 264 g/mol. The Hall–Kier alpha value is -1.35. The van der Waals surface area contributed by atoms with Crippen LogP contribution in [0.3, 0.4) is 0 Å². The Morgan fingerprint density at radius 3 is 2.26 bits per heavy atom. The zero-order valence-corrected chi connectivity index (χ0v) is 12.3. The fraction of sp³-hybridized carbons (Fsp3) is 0.562. The van der Waals surface area contributed by atoms with Gasteiger partial charge < -0.3 is 9.84 Å². The molecule has 3 nitrogen and oxygen atoms in total. The van der Waals surface area contributed by atoms with Gasteiger partial charge in [-0.1, -0.05) is 38.1 Å². The van der Waals surface area contributed by atoms with Crippen molar-refractivity contribution in [2.75, 3.05) is 6.61 Å². The van der Waals surface area contributed by atoms with E-state index in [2.05, 4.69) is 6.92 Å². The van der Waals surface area contributed by atoms with E-state index in [1.807, 2.05) is 31.2 Å². The van der Waals surface area contributed by atoms with Gasteiger partial charge in [0.2, 0.25) is 0 Å². The molecule has 0 saturated heterocycles. The van der Waals surface area contributed by atoms with Crippen LogP contribution in [-0.2, 0) is 16.0 Å². The summed E-state index contributed by atoms with van der Waals surface area (Å²) in [4.78, 5) is 11.9. The van der Waals surface area contributed by atoms with Gasteiger partial charge in [0.15, 0.2) is 5.60 Å². The SMILES string of the molecule is CCOC(=O)C(C)(O)C(CC)c1ccc(CC)cc1. The first-order chi connectivity index (χ1) is 8.97. The Kier molecular flexibility index (Phi) is 5.55. The van der Waals surface area contributed by atoms with E-state index in [4.69, 9.17) is 4.74 Å². The number of esters is 1. The number of benzene rings is 1. The van der Waals surface area contributed by atoms with Gasteiger partial charge in [0.25, 0.3) is 0 Å². The molecule has 1 rings (SSSR count). The minimum Gasteiger partial charge on any atom is -0.464 e. The molecule has 0 aliphatic rings. The van der Waals surface area contributed by atoms with E-state index in [1.165, 1.54) is 12.5 Å². The summed E-state index contributed by atoms with van der Waals surface area (Å²) in [7, 11) is 0. The van der Waals surface area contributed by atoms with Gasteiger partial charge in [-0.05, 0) is 37.8 Å². The van der Waals surface area contributed by atoms with Crippen LogP contribution in [0.2, 0.25) is 0 Å². The van der Waals surface area contributed by atoms with Gasteiger partial charge in [-0.25, -0.2) is 4.79 Å². The lowest BCUT2D eigenvalue weighted by Crippen LogP contribution is -2.42. The molecule has 2 atom stereocenters. The molecular weight excluding hydrogens is 240 g/mol. The third-order valence-electron chi connectivity index (χ3n) is 3.57. The lowest BCUT2D eigenvalue weighted by molar-refractivity contribution is -0.165. The zero-order valence-electron chi connectivity index (χ0n) is 12.3. The molecule has 0 radical (unpaired) electrons. The summed E-state index contributed by atoms with van der Waals surface area (Å²) in [6, 6.07) is 8.06. The molecule has 2 unspecified atom stereocenters. The van der Waals surface area contributed by atoms with Gasteiger partial charge in [0.05, 0.1) is 6.61 Å². The van der Waals surface area contributed by atoms with Gasteiger partial charge in [0, 0.05) is 5.92 Å². The first-order valence-electron chi connectivity index (χ1n) is 6.95. The monoisotopic (exact) mass is 264 g/mol. The summed E-state index contributed by atoms with van der Waals surface area (Å²) in [6.07, 6.45) is 1.66. The van der Waals surface area contributed by atoms with E-state index in [9.17, 15) is 9.90 Å². The zero-order chi connectivity index (χ0) is 14.5. The molecule has 0 fully saturated rings. The van der Waals surface area contributed by atoms with E-state index in [1.54, 1.807) is 6.92 Å². The fourth-order valence-corrected chi connectivity index (χ4v) is 2.36. The lowest BCUT2D eigenvalue weighted by atomic mass is 9.81. The number of hydrogen-bond acceptors (Lipinski definition) is 3. The van der Waals surface area contributed by atoms with Crippen molar-refractivity contribution in [3.05, 3.63) is 35.4 Å². The topological polar surface area (TPSA) is 46.5 Å². The predicted molar refractivity (Wildman–Crippen MR) is 76.1 cm³/mol. The van der Waals surface area contributed by atoms with Crippen LogP contribution in [0.1, 0.15) is 51.2 Å². The molecule has 1 N–H and O–H groups in total. The highest BCUT2D eigenvalue weighted by Gasteiger charge is 2.40. The second kappa shape index (κ2) is 6.71. The van der Waals surface area contributed by atoms with Crippen molar-refractivity contribution in [2.24, 2.45) is 0 Å². The highest BCUT2D eigenvalue weighted by Crippen LogP contribution is 2.32. The number of carbonyl (C=O) groups is 1. The van der Waals surface area contributed by atoms with Gasteiger partial charge >= 0.3 is 5.97 Å². The molecule has 3 heteroatoms. The summed E-state index contributed by atoms with van der Waals surface area (Å²) < 4.78 is 4.97. The minimum atomic E-state index is -1.49. The number of aryl methyl sites for hydroxylation is 1. The number of ether oxygens (including phenoxy) is 1. The number of carbonyl (C=O) groups excluding carboxylic acids is 1. The standard InChI is InChI=1S/C16H24O3/c1-5-12-8-10-13(11-9-12)14(6-2)16(4,18)15(17)19-7-3/h8-11,14,18H,5-7H2,1-4H3. The summed E-state index contributed by atoms with van der Waals surface area (Å²) in [5, 5.41) is 10.5. The first kappa shape index (κ1) is 15.7. The van der Waals surface area contributed by atoms with E-state index in [0.717, 1.165) is 12.0 Å². The Morgan fingerprint density at radius 2 is 1.84 bits per heavy atom. The maximum absolute atomic E-state index is 11.9. The third kappa shape index (κ3) is 3.57. The summed E-state index contributed by atoms with van der Waals surface area (Å²) >= 11 is 0. The second-order valence-electron chi connectivity index (χ2n) is 4.92. The van der Waals surface area contributed by atoms with Crippen LogP contribution in [0.25, 0.3) is 0 Å². The largest absolute Gasteiger partial charge is 0.464 e. The van der Waals surface area contributed by atoms with E-state index >= 15 is 0 Å². The smallest absolute Gasteiger partial charge is 0.338 e. The van der Waals surface area contributed by atoms with Crippen molar-refractivity contribution >= 4 is 5.97 Å². The summed E-state index contributed by atoms with van der Waals surface area (Å²) in [5.74, 6) is -0.807. The molecular formula is C16H24O3. The molecule has 1 aromatic carbocycles. The quantitative estimate of drug-likeness (QED) is 0.803. The Balaban J connectivity index is 3.00. The Bertz CT molecular complexity index is 407. The first-order valence-corrected chi connectivity index (χ1v) is 6.95. The van der Waals surface area contributed by atoms with Crippen LogP contribution in [0.15, 0.2) is 24.3 Å². The van der Waals surface area contributed by atoms with Gasteiger partial charge in [0.1, 0.15) is 0 Å². The molecule has 19 heavy (non-hydrogen) atoms. The maximum Gasteiger partial charge on any atom is 0.338 e. The van der Waals surface area contributed by atoms with Gasteiger partial charge in [-0.15, -0.1) is 0 Å². The minimum absolute atomic E-state index is 0.252. The van der Waals surface area contributed by atoms with E-state index in [0.29, 0.717) is 6.42 Å². The van der Waals surface area contributed by atoms with Crippen LogP contribution in [0.4, 0.5) is 0 Å². The van der Waals surface area contributed by atoms with E-state index < -0.39 is 11.6 Å². The Morgan fingerprint density at radius 1 is 1.26 bits per heavy atom. The fourth-order valence-electron chi connectivity index (χ4n) is 2.36. The van der Waals surface area contributed by atoms with Crippen LogP contribution in [-0.4, -0.2) is 23.3 Å². The van der Waals surface area contributed by atoms with Crippen molar-refractivity contribution in [1.82, 2.24) is 0 Å². The van der Waals surface area contributed by atoms with Crippen LogP contribution in [0, 0.1) is 0 Å². The highest BCUT2D eigenvalue weighted by molar-refractivity contribution is 5.80. The highest BCUT2D eigenvalue weighted by atomic mass is 16.5. The Labute approximate surface area is 115 Å². The van der Waals surface area contributed by atoms with Crippen molar-refractivity contribution in [3.8, 4) is 0 Å². The molecule has 106 valence electrons. The second-order valence-corrected chi connectivity index (χ2v) is 4.92. The third-order valence-corrected chi connectivity index (χ3v) is 3.57. The lowest BCUT2D eigenvalue weighted by Gasteiger charge is -2.30. The van der Waals surface area contributed by atoms with Gasteiger partial charge in [-0.2, -0.15) is 0 Å². The molecule has 0 heterocycles. The normalized spacial score (nSPS) is 15.6. The summed E-state index contributed by atoms with van der Waals surface area (Å²) in [6.45, 7) is 7.62. The van der Waals surface area contributed by atoms with Gasteiger partial charge in [-0.3, -0.25) is 0 Å². The summed E-state index contributed by atoms with van der Waals surface area (Å²) in [5.41, 5.74) is 0.727. The van der Waals surface area contributed by atoms with Crippen molar-refractivity contribution in [1.29, 1.82) is 0 Å². The molecule has 0 aliphatic heterocycles. The number of rotatable bonds is 6. The molecule has 0 saturated carbocycles. The van der Waals surface area contributed by atoms with Crippen molar-refractivity contribution in [2.45, 2.75) is 52.1 Å². The average Bonchev–Trinajstić information content (AvgIpc) is 2.40. The number of aliphatic hydroxyl groups is 1. The molecule has 0 bridgehead atoms. The van der Waals surface area contributed by atoms with E-state index in [-0.39, 0.29) is 12.5 Å². The van der Waals surface area contributed by atoms with Crippen LogP contribution < -0.4 is 0 Å². The number of hydrogen-bond donors (Lipinski definition) is 1. The molecule has 0 aromatic heterocycles. The molecule has 0 amide bonds. The maximum atomic E-state index is 11.9.